The molecule has 0 aromatic carbocycles. The number of halogens is 1. The smallest absolute Gasteiger partial charge is 0.250 e. The highest BCUT2D eigenvalue weighted by Crippen LogP contribution is 2.04. The van der Waals surface area contributed by atoms with Gasteiger partial charge in [-0.3, -0.25) is 14.9 Å². The predicted molar refractivity (Wildman–Crippen MR) is 35.0 cm³/mol. The van der Waals surface area contributed by atoms with Gasteiger partial charge in [-0.15, -0.1) is 0 Å². The minimum absolute atomic E-state index is 0.303. The molecule has 1 aliphatic heterocycles. The molecule has 4 heteroatoms. The van der Waals surface area contributed by atoms with Gasteiger partial charge in [0, 0.05) is 6.08 Å². The molecular formula is C5H4BrNO2. The Morgan fingerprint density at radius 3 is 2.67 bits per heavy atom. The van der Waals surface area contributed by atoms with E-state index in [1.807, 2.05) is 0 Å². The first-order chi connectivity index (χ1) is 4.20. The molecule has 48 valence electrons. The molecule has 0 radical (unpaired) electrons. The van der Waals surface area contributed by atoms with Crippen molar-refractivity contribution in [1.82, 2.24) is 5.32 Å². The van der Waals surface area contributed by atoms with E-state index in [1.54, 1.807) is 0 Å². The lowest BCUT2D eigenvalue weighted by Crippen LogP contribution is -2.37. The van der Waals surface area contributed by atoms with E-state index in [2.05, 4.69) is 21.2 Å². The van der Waals surface area contributed by atoms with Crippen molar-refractivity contribution in [2.24, 2.45) is 0 Å². The highest BCUT2D eigenvalue weighted by Gasteiger charge is 2.17. The third kappa shape index (κ3) is 1.38. The van der Waals surface area contributed by atoms with Crippen molar-refractivity contribution in [3.63, 3.8) is 0 Å². The van der Waals surface area contributed by atoms with Crippen LogP contribution in [0.5, 0.6) is 0 Å². The fraction of sp³-hybridized carbons (Fsp3) is 0.200. The minimum Gasteiger partial charge on any atom is -0.292 e. The van der Waals surface area contributed by atoms with Crippen LogP contribution in [0.1, 0.15) is 0 Å². The Morgan fingerprint density at radius 1 is 1.56 bits per heavy atom. The van der Waals surface area contributed by atoms with Crippen molar-refractivity contribution in [2.45, 2.75) is 4.83 Å². The van der Waals surface area contributed by atoms with Gasteiger partial charge < -0.3 is 0 Å². The molecule has 0 spiro atoms. The van der Waals surface area contributed by atoms with Gasteiger partial charge in [0.2, 0.25) is 11.8 Å². The fourth-order valence-electron chi connectivity index (χ4n) is 0.491. The lowest BCUT2D eigenvalue weighted by Gasteiger charge is -2.07. The van der Waals surface area contributed by atoms with Gasteiger partial charge in [-0.25, -0.2) is 0 Å². The van der Waals surface area contributed by atoms with E-state index in [1.165, 1.54) is 12.2 Å². The SMILES string of the molecule is O=C1C=CC(Br)C(=O)N1. The maximum absolute atomic E-state index is 10.6. The van der Waals surface area contributed by atoms with Crippen LogP contribution < -0.4 is 5.32 Å². The number of carbonyl (C=O) groups is 2. The van der Waals surface area contributed by atoms with Crippen molar-refractivity contribution >= 4 is 27.7 Å². The molecule has 1 heterocycles. The molecule has 0 aliphatic carbocycles. The summed E-state index contributed by atoms with van der Waals surface area (Å²) in [7, 11) is 0. The first-order valence-electron chi connectivity index (χ1n) is 2.37. The zero-order valence-corrected chi connectivity index (χ0v) is 6.01. The summed E-state index contributed by atoms with van der Waals surface area (Å²) in [6, 6.07) is 0. The van der Waals surface area contributed by atoms with Crippen LogP contribution in [0.3, 0.4) is 0 Å². The van der Waals surface area contributed by atoms with E-state index in [9.17, 15) is 9.59 Å². The molecule has 0 aromatic rings. The molecule has 1 N–H and O–H groups in total. The molecule has 0 fully saturated rings. The van der Waals surface area contributed by atoms with Crippen LogP contribution in [0.15, 0.2) is 12.2 Å². The summed E-state index contributed by atoms with van der Waals surface area (Å²) in [4.78, 5) is 20.6. The number of rotatable bonds is 0. The molecule has 1 unspecified atom stereocenters. The third-order valence-corrected chi connectivity index (χ3v) is 1.63. The van der Waals surface area contributed by atoms with Crippen LogP contribution in [-0.2, 0) is 9.59 Å². The van der Waals surface area contributed by atoms with E-state index in [4.69, 9.17) is 0 Å². The largest absolute Gasteiger partial charge is 0.292 e. The summed E-state index contributed by atoms with van der Waals surface area (Å²) in [5, 5.41) is 2.12. The summed E-state index contributed by atoms with van der Waals surface area (Å²) in [5.74, 6) is -0.654. The molecule has 0 saturated heterocycles. The average Bonchev–Trinajstić information content (AvgIpc) is 1.80. The van der Waals surface area contributed by atoms with Gasteiger partial charge in [0.25, 0.3) is 0 Å². The number of imide groups is 1. The highest BCUT2D eigenvalue weighted by atomic mass is 79.9. The quantitative estimate of drug-likeness (QED) is 0.430. The Morgan fingerprint density at radius 2 is 2.22 bits per heavy atom. The Hall–Kier alpha value is -0.640. The molecule has 2 amide bonds. The van der Waals surface area contributed by atoms with Crippen LogP contribution >= 0.6 is 15.9 Å². The fourth-order valence-corrected chi connectivity index (χ4v) is 0.758. The summed E-state index contributed by atoms with van der Waals surface area (Å²) < 4.78 is 0. The summed E-state index contributed by atoms with van der Waals surface area (Å²) >= 11 is 3.03. The lowest BCUT2D eigenvalue weighted by molar-refractivity contribution is -0.127. The van der Waals surface area contributed by atoms with E-state index < -0.39 is 0 Å². The topological polar surface area (TPSA) is 46.2 Å². The maximum atomic E-state index is 10.6. The van der Waals surface area contributed by atoms with Crippen molar-refractivity contribution in [3.8, 4) is 0 Å². The van der Waals surface area contributed by atoms with Crippen molar-refractivity contribution < 1.29 is 9.59 Å². The van der Waals surface area contributed by atoms with Gasteiger partial charge in [-0.1, -0.05) is 22.0 Å². The van der Waals surface area contributed by atoms with Crippen molar-refractivity contribution in [3.05, 3.63) is 12.2 Å². The molecule has 3 nitrogen and oxygen atoms in total. The van der Waals surface area contributed by atoms with Crippen molar-refractivity contribution in [1.29, 1.82) is 0 Å². The normalized spacial score (nSPS) is 26.1. The molecule has 1 atom stereocenters. The van der Waals surface area contributed by atoms with Crippen LogP contribution in [0.4, 0.5) is 0 Å². The van der Waals surface area contributed by atoms with Gasteiger partial charge in [-0.2, -0.15) is 0 Å². The van der Waals surface area contributed by atoms with Gasteiger partial charge in [0.05, 0.1) is 0 Å². The maximum Gasteiger partial charge on any atom is 0.250 e. The minimum atomic E-state index is -0.352. The lowest BCUT2D eigenvalue weighted by atomic mass is 10.3. The Kier molecular flexibility index (Phi) is 1.66. The van der Waals surface area contributed by atoms with E-state index >= 15 is 0 Å². The number of hydrogen-bond donors (Lipinski definition) is 1. The van der Waals surface area contributed by atoms with Gasteiger partial charge in [0.1, 0.15) is 4.83 Å². The van der Waals surface area contributed by atoms with Crippen LogP contribution in [0.2, 0.25) is 0 Å². The first kappa shape index (κ1) is 6.48. The average molecular weight is 190 g/mol. The second-order valence-electron chi connectivity index (χ2n) is 1.61. The van der Waals surface area contributed by atoms with Crippen LogP contribution in [0, 0.1) is 0 Å². The van der Waals surface area contributed by atoms with E-state index in [0.29, 0.717) is 0 Å². The molecule has 1 aliphatic rings. The number of nitrogens with one attached hydrogen (secondary N) is 1. The summed E-state index contributed by atoms with van der Waals surface area (Å²) in [6.07, 6.45) is 2.82. The standard InChI is InChI=1S/C5H4BrNO2/c6-3-1-2-4(8)7-5(3)9/h1-3H,(H,7,8,9). The summed E-state index contributed by atoms with van der Waals surface area (Å²) in [5.41, 5.74) is 0. The Labute approximate surface area is 60.2 Å². The number of carbonyl (C=O) groups excluding carboxylic acids is 2. The predicted octanol–water partition coefficient (Wildman–Crippen LogP) is -0.0375. The molecule has 0 saturated carbocycles. The second kappa shape index (κ2) is 2.31. The number of amides is 2. The molecule has 0 bridgehead atoms. The van der Waals surface area contributed by atoms with E-state index in [-0.39, 0.29) is 16.6 Å². The van der Waals surface area contributed by atoms with Crippen LogP contribution in [0.25, 0.3) is 0 Å². The third-order valence-electron chi connectivity index (χ3n) is 0.913. The van der Waals surface area contributed by atoms with Gasteiger partial charge >= 0.3 is 0 Å². The number of alkyl halides is 1. The number of hydrogen-bond acceptors (Lipinski definition) is 2. The molecular weight excluding hydrogens is 186 g/mol. The summed E-state index contributed by atoms with van der Waals surface area (Å²) in [6.45, 7) is 0. The highest BCUT2D eigenvalue weighted by molar-refractivity contribution is 9.10. The van der Waals surface area contributed by atoms with Gasteiger partial charge in [0.15, 0.2) is 0 Å². The second-order valence-corrected chi connectivity index (χ2v) is 2.60. The Balaban J connectivity index is 2.76. The van der Waals surface area contributed by atoms with Crippen molar-refractivity contribution in [2.75, 3.05) is 0 Å². The monoisotopic (exact) mass is 189 g/mol. The zero-order chi connectivity index (χ0) is 6.85. The molecule has 0 aromatic heterocycles. The first-order valence-corrected chi connectivity index (χ1v) is 3.29. The van der Waals surface area contributed by atoms with E-state index in [0.717, 1.165) is 0 Å². The van der Waals surface area contributed by atoms with Crippen LogP contribution in [-0.4, -0.2) is 16.6 Å². The Bertz CT molecular complexity index is 187. The molecule has 1 rings (SSSR count). The zero-order valence-electron chi connectivity index (χ0n) is 4.43. The molecule has 9 heavy (non-hydrogen) atoms. The van der Waals surface area contributed by atoms with Gasteiger partial charge in [-0.05, 0) is 0 Å².